The number of piperazine rings is 1. The fourth-order valence-corrected chi connectivity index (χ4v) is 3.41. The van der Waals surface area contributed by atoms with Gasteiger partial charge in [-0.1, -0.05) is 6.08 Å². The Labute approximate surface area is 156 Å². The molecule has 0 spiro atoms. The van der Waals surface area contributed by atoms with Crippen LogP contribution in [0.3, 0.4) is 0 Å². The van der Waals surface area contributed by atoms with Crippen molar-refractivity contribution in [1.29, 1.82) is 0 Å². The number of carbonyl (C=O) groups is 2. The lowest BCUT2D eigenvalue weighted by Gasteiger charge is -2.35. The van der Waals surface area contributed by atoms with Crippen molar-refractivity contribution in [2.75, 3.05) is 33.3 Å². The summed E-state index contributed by atoms with van der Waals surface area (Å²) in [5.41, 5.74) is 1.85. The second kappa shape index (κ2) is 7.32. The van der Waals surface area contributed by atoms with Gasteiger partial charge in [-0.25, -0.2) is 9.98 Å². The smallest absolute Gasteiger partial charge is 0.262 e. The second-order valence-electron chi connectivity index (χ2n) is 6.65. The minimum Gasteiger partial charge on any atom is -0.497 e. The maximum Gasteiger partial charge on any atom is 0.262 e. The lowest BCUT2D eigenvalue weighted by atomic mass is 10.0. The van der Waals surface area contributed by atoms with Crippen LogP contribution >= 0.6 is 0 Å². The van der Waals surface area contributed by atoms with Gasteiger partial charge in [0.1, 0.15) is 17.5 Å². The molecule has 1 N–H and O–H groups in total. The Morgan fingerprint density at radius 1 is 1.30 bits per heavy atom. The number of allylic oxidation sites excluding steroid dienone is 1. The summed E-state index contributed by atoms with van der Waals surface area (Å²) in [5.74, 6) is 0.358. The highest BCUT2D eigenvalue weighted by molar-refractivity contribution is 6.07. The molecule has 0 saturated carbocycles. The summed E-state index contributed by atoms with van der Waals surface area (Å²) >= 11 is 0. The van der Waals surface area contributed by atoms with Gasteiger partial charge in [-0.3, -0.25) is 14.5 Å². The number of amides is 2. The third-order valence-corrected chi connectivity index (χ3v) is 4.92. The summed E-state index contributed by atoms with van der Waals surface area (Å²) in [5, 5.41) is 0. The van der Waals surface area contributed by atoms with E-state index in [0.29, 0.717) is 19.6 Å². The van der Waals surface area contributed by atoms with Crippen LogP contribution in [0.5, 0.6) is 5.75 Å². The van der Waals surface area contributed by atoms with Crippen LogP contribution in [0.25, 0.3) is 11.0 Å². The molecule has 0 radical (unpaired) electrons. The van der Waals surface area contributed by atoms with Gasteiger partial charge >= 0.3 is 0 Å². The molecule has 0 bridgehead atoms. The number of fused-ring (bicyclic) bond motifs is 1. The van der Waals surface area contributed by atoms with Crippen LogP contribution in [-0.2, 0) is 16.1 Å². The number of aliphatic imine (C=N–C) groups is 1. The van der Waals surface area contributed by atoms with E-state index in [9.17, 15) is 9.59 Å². The van der Waals surface area contributed by atoms with Crippen molar-refractivity contribution in [3.05, 3.63) is 36.2 Å². The minimum atomic E-state index is -0.771. The summed E-state index contributed by atoms with van der Waals surface area (Å²) in [6.45, 7) is 3.34. The molecule has 27 heavy (non-hydrogen) atoms. The monoisotopic (exact) mass is 367 g/mol. The Morgan fingerprint density at radius 2 is 2.11 bits per heavy atom. The van der Waals surface area contributed by atoms with E-state index < -0.39 is 5.92 Å². The number of aromatic amines is 1. The van der Waals surface area contributed by atoms with E-state index in [1.165, 1.54) is 6.21 Å². The molecule has 1 aromatic heterocycles. The first-order valence-corrected chi connectivity index (χ1v) is 8.92. The third-order valence-electron chi connectivity index (χ3n) is 4.92. The summed E-state index contributed by atoms with van der Waals surface area (Å²) in [6, 6.07) is 5.75. The Hall–Kier alpha value is -3.00. The molecule has 2 aliphatic rings. The maximum absolute atomic E-state index is 12.5. The minimum absolute atomic E-state index is 0.163. The van der Waals surface area contributed by atoms with Crippen LogP contribution in [0.1, 0.15) is 5.82 Å². The van der Waals surface area contributed by atoms with Gasteiger partial charge in [0, 0.05) is 38.5 Å². The summed E-state index contributed by atoms with van der Waals surface area (Å²) in [4.78, 5) is 40.0. The molecule has 0 aliphatic carbocycles. The molecule has 1 saturated heterocycles. The topological polar surface area (TPSA) is 90.9 Å². The largest absolute Gasteiger partial charge is 0.497 e. The number of aromatic nitrogens is 2. The number of methoxy groups -OCH3 is 1. The van der Waals surface area contributed by atoms with E-state index in [0.717, 1.165) is 35.7 Å². The van der Waals surface area contributed by atoms with Crippen LogP contribution in [0.4, 0.5) is 0 Å². The summed E-state index contributed by atoms with van der Waals surface area (Å²) in [6.07, 6.45) is 4.69. The zero-order chi connectivity index (χ0) is 18.8. The van der Waals surface area contributed by atoms with Gasteiger partial charge in [-0.15, -0.1) is 0 Å². The Kier molecular flexibility index (Phi) is 4.72. The van der Waals surface area contributed by atoms with Gasteiger partial charge in [-0.2, -0.15) is 0 Å². The number of nitrogens with one attached hydrogen (secondary N) is 1. The molecule has 1 unspecified atom stereocenters. The Balaban J connectivity index is 1.35. The van der Waals surface area contributed by atoms with Crippen molar-refractivity contribution in [1.82, 2.24) is 19.8 Å². The predicted molar refractivity (Wildman–Crippen MR) is 101 cm³/mol. The fourth-order valence-electron chi connectivity index (χ4n) is 3.41. The summed E-state index contributed by atoms with van der Waals surface area (Å²) < 4.78 is 5.24. The molecule has 2 aliphatic heterocycles. The number of H-pyrrole nitrogens is 1. The SMILES string of the molecule is COc1ccc2nc(CN3CCN(C(=O)C4C=CC=NC4=O)CC3)[nH]c2c1. The van der Waals surface area contributed by atoms with Crippen molar-refractivity contribution < 1.29 is 14.3 Å². The first-order chi connectivity index (χ1) is 13.1. The first-order valence-electron chi connectivity index (χ1n) is 8.92. The van der Waals surface area contributed by atoms with Crippen LogP contribution in [0, 0.1) is 5.92 Å². The highest BCUT2D eigenvalue weighted by Crippen LogP contribution is 2.20. The average Bonchev–Trinajstić information content (AvgIpc) is 3.09. The average molecular weight is 367 g/mol. The van der Waals surface area contributed by atoms with Gasteiger partial charge in [0.05, 0.1) is 24.7 Å². The lowest BCUT2D eigenvalue weighted by molar-refractivity contribution is -0.140. The lowest BCUT2D eigenvalue weighted by Crippen LogP contribution is -2.50. The Morgan fingerprint density at radius 3 is 2.85 bits per heavy atom. The number of nitrogens with zero attached hydrogens (tertiary/aromatic N) is 4. The standard InChI is InChI=1S/C19H21N5O3/c1-27-13-4-5-15-16(11-13)22-17(21-15)12-23-7-9-24(10-8-23)19(26)14-3-2-6-20-18(14)25/h2-6,11,14H,7-10,12H2,1H3,(H,21,22). The van der Waals surface area contributed by atoms with Gasteiger partial charge in [0.15, 0.2) is 0 Å². The van der Waals surface area contributed by atoms with Gasteiger partial charge in [-0.05, 0) is 18.2 Å². The Bertz CT molecular complexity index is 925. The number of carbonyl (C=O) groups excluding carboxylic acids is 2. The molecular weight excluding hydrogens is 346 g/mol. The molecule has 3 heterocycles. The molecular formula is C19H21N5O3. The maximum atomic E-state index is 12.5. The van der Waals surface area contributed by atoms with Gasteiger partial charge in [0.2, 0.25) is 5.91 Å². The molecule has 1 aromatic carbocycles. The second-order valence-corrected chi connectivity index (χ2v) is 6.65. The number of hydrogen-bond acceptors (Lipinski definition) is 5. The van der Waals surface area contributed by atoms with Gasteiger partial charge < -0.3 is 14.6 Å². The van der Waals surface area contributed by atoms with Crippen molar-refractivity contribution in [2.45, 2.75) is 6.54 Å². The molecule has 8 nitrogen and oxygen atoms in total. The van der Waals surface area contributed by atoms with Crippen molar-refractivity contribution >= 4 is 29.1 Å². The van der Waals surface area contributed by atoms with Gasteiger partial charge in [0.25, 0.3) is 5.91 Å². The van der Waals surface area contributed by atoms with E-state index >= 15 is 0 Å². The normalized spacial score (nSPS) is 20.4. The van der Waals surface area contributed by atoms with Crippen molar-refractivity contribution in [3.63, 3.8) is 0 Å². The molecule has 2 amide bonds. The van der Waals surface area contributed by atoms with Crippen LogP contribution in [0.2, 0.25) is 0 Å². The highest BCUT2D eigenvalue weighted by atomic mass is 16.5. The van der Waals surface area contributed by atoms with Crippen molar-refractivity contribution in [2.24, 2.45) is 10.9 Å². The molecule has 1 fully saturated rings. The zero-order valence-corrected chi connectivity index (χ0v) is 15.1. The van der Waals surface area contributed by atoms with E-state index in [-0.39, 0.29) is 11.8 Å². The fraction of sp³-hybridized carbons (Fsp3) is 0.368. The predicted octanol–water partition coefficient (Wildman–Crippen LogP) is 0.999. The number of imidazole rings is 1. The van der Waals surface area contributed by atoms with E-state index in [1.807, 2.05) is 18.2 Å². The molecule has 8 heteroatoms. The molecule has 2 aromatic rings. The number of ether oxygens (including phenoxy) is 1. The molecule has 140 valence electrons. The van der Waals surface area contributed by atoms with Crippen LogP contribution < -0.4 is 4.74 Å². The van der Waals surface area contributed by atoms with E-state index in [1.54, 1.807) is 24.2 Å². The number of benzene rings is 1. The van der Waals surface area contributed by atoms with Crippen LogP contribution in [0.15, 0.2) is 35.3 Å². The van der Waals surface area contributed by atoms with E-state index in [4.69, 9.17) is 4.74 Å². The highest BCUT2D eigenvalue weighted by Gasteiger charge is 2.31. The van der Waals surface area contributed by atoms with E-state index in [2.05, 4.69) is 19.9 Å². The summed E-state index contributed by atoms with van der Waals surface area (Å²) in [7, 11) is 1.64. The third kappa shape index (κ3) is 3.61. The van der Waals surface area contributed by atoms with Crippen LogP contribution in [-0.4, -0.2) is 71.1 Å². The first kappa shape index (κ1) is 17.4. The number of dihydropyridines is 1. The molecule has 4 rings (SSSR count). The number of hydrogen-bond donors (Lipinski definition) is 1. The van der Waals surface area contributed by atoms with Crippen molar-refractivity contribution in [3.8, 4) is 5.75 Å². The quantitative estimate of drug-likeness (QED) is 0.814. The number of rotatable bonds is 4. The molecule has 1 atom stereocenters. The zero-order valence-electron chi connectivity index (χ0n) is 15.1.